The Morgan fingerprint density at radius 3 is 2.59 bits per heavy atom. The fourth-order valence-electron chi connectivity index (χ4n) is 3.73. The number of hydrogen-bond acceptors (Lipinski definition) is 6. The molecule has 168 valence electrons. The zero-order chi connectivity index (χ0) is 22.7. The first-order valence-corrected chi connectivity index (χ1v) is 11.6. The quantitative estimate of drug-likeness (QED) is 0.597. The lowest BCUT2D eigenvalue weighted by molar-refractivity contribution is 0.0307. The summed E-state index contributed by atoms with van der Waals surface area (Å²) >= 11 is 1.32. The zero-order valence-corrected chi connectivity index (χ0v) is 19.4. The largest absolute Gasteiger partial charge is 0.494 e. The summed E-state index contributed by atoms with van der Waals surface area (Å²) in [6, 6.07) is 8.99. The minimum atomic E-state index is -0.275. The fourth-order valence-corrected chi connectivity index (χ4v) is 4.95. The Labute approximate surface area is 191 Å². The lowest BCUT2D eigenvalue weighted by atomic mass is 10.1. The third-order valence-electron chi connectivity index (χ3n) is 5.31. The van der Waals surface area contributed by atoms with Crippen molar-refractivity contribution >= 4 is 39.1 Å². The standard InChI is InChI=1S/C24H27N3O4S/c1-4-11-31-18-7-5-17(6-8-18)22(28)26-20-19-15(2)14-16(3)25-23(19)32-21(20)24(29)27-9-12-30-13-10-27/h5-8,14H,4,9-13H2,1-3H3,(H,26,28). The van der Waals surface area contributed by atoms with E-state index in [1.54, 1.807) is 29.2 Å². The molecular formula is C24H27N3O4S. The second-order valence-electron chi connectivity index (χ2n) is 7.80. The summed E-state index contributed by atoms with van der Waals surface area (Å²) in [6.07, 6.45) is 0.917. The summed E-state index contributed by atoms with van der Waals surface area (Å²) < 4.78 is 11.0. The van der Waals surface area contributed by atoms with Crippen molar-refractivity contribution in [2.45, 2.75) is 27.2 Å². The molecule has 7 nitrogen and oxygen atoms in total. The molecule has 1 aliphatic heterocycles. The SMILES string of the molecule is CCCOc1ccc(C(=O)Nc2c(C(=O)N3CCOCC3)sc3nc(C)cc(C)c23)cc1. The lowest BCUT2D eigenvalue weighted by Gasteiger charge is -2.26. The number of carbonyl (C=O) groups excluding carboxylic acids is 2. The maximum atomic E-state index is 13.3. The summed E-state index contributed by atoms with van der Waals surface area (Å²) in [7, 11) is 0. The molecule has 4 rings (SSSR count). The van der Waals surface area contributed by atoms with Crippen LogP contribution in [0.5, 0.6) is 5.75 Å². The van der Waals surface area contributed by atoms with Crippen LogP contribution in [-0.2, 0) is 4.74 Å². The second kappa shape index (κ2) is 9.67. The summed E-state index contributed by atoms with van der Waals surface area (Å²) in [6.45, 7) is 8.67. The molecule has 0 atom stereocenters. The van der Waals surface area contributed by atoms with Crippen molar-refractivity contribution in [2.75, 3.05) is 38.2 Å². The molecule has 0 saturated carbocycles. The number of nitrogens with one attached hydrogen (secondary N) is 1. The number of fused-ring (bicyclic) bond motifs is 1. The monoisotopic (exact) mass is 453 g/mol. The van der Waals surface area contributed by atoms with Gasteiger partial charge in [-0.3, -0.25) is 9.59 Å². The lowest BCUT2D eigenvalue weighted by Crippen LogP contribution is -2.40. The fraction of sp³-hybridized carbons (Fsp3) is 0.375. The minimum Gasteiger partial charge on any atom is -0.494 e. The van der Waals surface area contributed by atoms with Gasteiger partial charge in [-0.05, 0) is 56.2 Å². The van der Waals surface area contributed by atoms with Crippen LogP contribution < -0.4 is 10.1 Å². The molecular weight excluding hydrogens is 426 g/mol. The highest BCUT2D eigenvalue weighted by Gasteiger charge is 2.27. The van der Waals surface area contributed by atoms with Crippen molar-refractivity contribution < 1.29 is 19.1 Å². The number of thiophene rings is 1. The molecule has 0 aliphatic carbocycles. The number of pyridine rings is 1. The third kappa shape index (κ3) is 4.61. The highest BCUT2D eigenvalue weighted by molar-refractivity contribution is 7.21. The Bertz CT molecular complexity index is 1130. The average molecular weight is 454 g/mol. The van der Waals surface area contributed by atoms with Gasteiger partial charge in [0.25, 0.3) is 11.8 Å². The smallest absolute Gasteiger partial charge is 0.266 e. The average Bonchev–Trinajstić information content (AvgIpc) is 3.16. The van der Waals surface area contributed by atoms with Gasteiger partial charge in [-0.25, -0.2) is 4.98 Å². The van der Waals surface area contributed by atoms with Crippen LogP contribution in [0.25, 0.3) is 10.2 Å². The summed E-state index contributed by atoms with van der Waals surface area (Å²) in [5, 5.41) is 3.82. The van der Waals surface area contributed by atoms with Gasteiger partial charge in [-0.1, -0.05) is 6.92 Å². The maximum absolute atomic E-state index is 13.3. The van der Waals surface area contributed by atoms with Gasteiger partial charge in [0.2, 0.25) is 0 Å². The molecule has 0 radical (unpaired) electrons. The Morgan fingerprint density at radius 1 is 1.19 bits per heavy atom. The molecule has 2 aromatic heterocycles. The van der Waals surface area contributed by atoms with Gasteiger partial charge in [0.15, 0.2) is 0 Å². The zero-order valence-electron chi connectivity index (χ0n) is 18.6. The van der Waals surface area contributed by atoms with Crippen molar-refractivity contribution in [1.82, 2.24) is 9.88 Å². The van der Waals surface area contributed by atoms with Gasteiger partial charge in [-0.15, -0.1) is 11.3 Å². The Kier molecular flexibility index (Phi) is 6.72. The van der Waals surface area contributed by atoms with Crippen LogP contribution in [0.4, 0.5) is 5.69 Å². The van der Waals surface area contributed by atoms with Gasteiger partial charge in [0.05, 0.1) is 25.5 Å². The number of aryl methyl sites for hydroxylation is 2. The van der Waals surface area contributed by atoms with E-state index >= 15 is 0 Å². The molecule has 3 aromatic rings. The van der Waals surface area contributed by atoms with Crippen molar-refractivity contribution in [1.29, 1.82) is 0 Å². The van der Waals surface area contributed by atoms with E-state index in [4.69, 9.17) is 9.47 Å². The van der Waals surface area contributed by atoms with Crippen LogP contribution in [0, 0.1) is 13.8 Å². The third-order valence-corrected chi connectivity index (χ3v) is 6.38. The van der Waals surface area contributed by atoms with E-state index in [0.29, 0.717) is 49.0 Å². The number of morpholine rings is 1. The molecule has 0 bridgehead atoms. The minimum absolute atomic E-state index is 0.105. The highest BCUT2D eigenvalue weighted by Crippen LogP contribution is 2.38. The molecule has 1 saturated heterocycles. The van der Waals surface area contributed by atoms with Crippen LogP contribution in [0.15, 0.2) is 30.3 Å². The van der Waals surface area contributed by atoms with Crippen LogP contribution in [-0.4, -0.2) is 54.6 Å². The highest BCUT2D eigenvalue weighted by atomic mass is 32.1. The molecule has 1 N–H and O–H groups in total. The van der Waals surface area contributed by atoms with Gasteiger partial charge in [0.1, 0.15) is 15.5 Å². The normalized spacial score (nSPS) is 13.9. The molecule has 1 fully saturated rings. The number of rotatable bonds is 6. The van der Waals surface area contributed by atoms with Gasteiger partial charge >= 0.3 is 0 Å². The van der Waals surface area contributed by atoms with Crippen molar-refractivity contribution in [2.24, 2.45) is 0 Å². The summed E-state index contributed by atoms with van der Waals surface area (Å²) in [5.74, 6) is 0.345. The van der Waals surface area contributed by atoms with Crippen LogP contribution in [0.1, 0.15) is 44.6 Å². The first kappa shape index (κ1) is 22.2. The molecule has 32 heavy (non-hydrogen) atoms. The maximum Gasteiger partial charge on any atom is 0.266 e. The van der Waals surface area contributed by atoms with E-state index in [0.717, 1.165) is 33.6 Å². The number of nitrogens with zero attached hydrogens (tertiary/aromatic N) is 2. The number of carbonyl (C=O) groups is 2. The van der Waals surface area contributed by atoms with E-state index in [1.807, 2.05) is 26.8 Å². The van der Waals surface area contributed by atoms with Crippen LogP contribution in [0.3, 0.4) is 0 Å². The number of hydrogen-bond donors (Lipinski definition) is 1. The number of benzene rings is 1. The van der Waals surface area contributed by atoms with E-state index in [-0.39, 0.29) is 11.8 Å². The van der Waals surface area contributed by atoms with E-state index < -0.39 is 0 Å². The second-order valence-corrected chi connectivity index (χ2v) is 8.80. The molecule has 8 heteroatoms. The predicted octanol–water partition coefficient (Wildman–Crippen LogP) is 4.43. The van der Waals surface area contributed by atoms with Gasteiger partial charge < -0.3 is 19.7 Å². The summed E-state index contributed by atoms with van der Waals surface area (Å²) in [5.41, 5.74) is 2.88. The number of amides is 2. The molecule has 1 aromatic carbocycles. The number of aromatic nitrogens is 1. The van der Waals surface area contributed by atoms with Crippen molar-refractivity contribution in [3.63, 3.8) is 0 Å². The number of ether oxygens (including phenoxy) is 2. The van der Waals surface area contributed by atoms with E-state index in [2.05, 4.69) is 10.3 Å². The van der Waals surface area contributed by atoms with Gasteiger partial charge in [-0.2, -0.15) is 0 Å². The van der Waals surface area contributed by atoms with E-state index in [9.17, 15) is 9.59 Å². The first-order valence-electron chi connectivity index (χ1n) is 10.8. The van der Waals surface area contributed by atoms with Crippen molar-refractivity contribution in [3.05, 3.63) is 52.0 Å². The molecule has 0 unspecified atom stereocenters. The van der Waals surface area contributed by atoms with E-state index in [1.165, 1.54) is 11.3 Å². The Hall–Kier alpha value is -2.97. The molecule has 2 amide bonds. The predicted molar refractivity (Wildman–Crippen MR) is 126 cm³/mol. The number of anilines is 1. The Morgan fingerprint density at radius 2 is 1.91 bits per heavy atom. The first-order chi connectivity index (χ1) is 15.5. The van der Waals surface area contributed by atoms with Crippen LogP contribution >= 0.6 is 11.3 Å². The summed E-state index contributed by atoms with van der Waals surface area (Å²) in [4.78, 5) is 34.1. The molecule has 0 spiro atoms. The molecule has 1 aliphatic rings. The topological polar surface area (TPSA) is 80.8 Å². The van der Waals surface area contributed by atoms with Crippen molar-refractivity contribution in [3.8, 4) is 5.75 Å². The Balaban J connectivity index is 1.68. The van der Waals surface area contributed by atoms with Gasteiger partial charge in [0, 0.05) is 29.7 Å². The van der Waals surface area contributed by atoms with Crippen LogP contribution in [0.2, 0.25) is 0 Å². The molecule has 3 heterocycles.